The van der Waals surface area contributed by atoms with E-state index in [1.54, 1.807) is 0 Å². The van der Waals surface area contributed by atoms with Crippen molar-refractivity contribution in [3.8, 4) is 0 Å². The minimum absolute atomic E-state index is 0.293. The van der Waals surface area contributed by atoms with Crippen molar-refractivity contribution >= 4 is 23.2 Å². The number of piperazine rings is 1. The Kier molecular flexibility index (Phi) is 6.01. The molecule has 1 unspecified atom stereocenters. The predicted octanol–water partition coefficient (Wildman–Crippen LogP) is 3.25. The second kappa shape index (κ2) is 8.21. The summed E-state index contributed by atoms with van der Waals surface area (Å²) in [7, 11) is 0. The molecule has 2 aliphatic rings. The van der Waals surface area contributed by atoms with E-state index in [1.165, 1.54) is 19.3 Å². The Bertz CT molecular complexity index is 557. The quantitative estimate of drug-likeness (QED) is 0.834. The number of rotatable bonds is 4. The number of carbonyl (C=O) groups excluding carboxylic acids is 1. The Morgan fingerprint density at radius 3 is 2.67 bits per heavy atom. The molecule has 4 nitrogen and oxygen atoms in total. The molecule has 132 valence electrons. The van der Waals surface area contributed by atoms with Gasteiger partial charge >= 0.3 is 0 Å². The van der Waals surface area contributed by atoms with Gasteiger partial charge in [-0.1, -0.05) is 31.0 Å². The van der Waals surface area contributed by atoms with Crippen LogP contribution >= 0.6 is 11.6 Å². The van der Waals surface area contributed by atoms with Crippen molar-refractivity contribution in [2.45, 2.75) is 38.6 Å². The lowest BCUT2D eigenvalue weighted by molar-refractivity contribution is -0.133. The third-order valence-corrected chi connectivity index (χ3v) is 5.60. The Balaban J connectivity index is 1.51. The van der Waals surface area contributed by atoms with Gasteiger partial charge in [-0.05, 0) is 44.0 Å². The highest BCUT2D eigenvalue weighted by Gasteiger charge is 2.27. The Morgan fingerprint density at radius 2 is 1.96 bits per heavy atom. The molecule has 1 amide bonds. The molecule has 24 heavy (non-hydrogen) atoms. The van der Waals surface area contributed by atoms with E-state index in [4.69, 9.17) is 11.6 Å². The number of likely N-dealkylation sites (tertiary alicyclic amines) is 1. The molecule has 1 atom stereocenters. The van der Waals surface area contributed by atoms with E-state index in [0.29, 0.717) is 18.5 Å². The molecule has 0 aliphatic carbocycles. The van der Waals surface area contributed by atoms with Gasteiger partial charge in [0.25, 0.3) is 0 Å². The smallest absolute Gasteiger partial charge is 0.236 e. The molecule has 5 heteroatoms. The van der Waals surface area contributed by atoms with E-state index in [0.717, 1.165) is 49.9 Å². The van der Waals surface area contributed by atoms with Crippen LogP contribution < -0.4 is 4.90 Å². The van der Waals surface area contributed by atoms with Gasteiger partial charge in [-0.15, -0.1) is 0 Å². The lowest BCUT2D eigenvalue weighted by atomic mass is 10.00. The van der Waals surface area contributed by atoms with Crippen molar-refractivity contribution in [1.82, 2.24) is 9.80 Å². The molecule has 0 N–H and O–H groups in total. The number of amides is 1. The molecule has 3 rings (SSSR count). The Labute approximate surface area is 150 Å². The third-order valence-electron chi connectivity index (χ3n) is 5.36. The van der Waals surface area contributed by atoms with E-state index in [-0.39, 0.29) is 0 Å². The summed E-state index contributed by atoms with van der Waals surface area (Å²) in [5, 5.41) is 0.765. The maximum absolute atomic E-state index is 12.7. The summed E-state index contributed by atoms with van der Waals surface area (Å²) < 4.78 is 0. The zero-order valence-corrected chi connectivity index (χ0v) is 15.3. The highest BCUT2D eigenvalue weighted by Crippen LogP contribution is 2.22. The highest BCUT2D eigenvalue weighted by molar-refractivity contribution is 6.30. The number of piperidine rings is 1. The van der Waals surface area contributed by atoms with Crippen molar-refractivity contribution in [2.24, 2.45) is 0 Å². The monoisotopic (exact) mass is 349 g/mol. The van der Waals surface area contributed by atoms with Gasteiger partial charge in [0, 0.05) is 42.9 Å². The maximum Gasteiger partial charge on any atom is 0.236 e. The van der Waals surface area contributed by atoms with Crippen molar-refractivity contribution in [3.05, 3.63) is 29.3 Å². The van der Waals surface area contributed by atoms with Crippen LogP contribution in [-0.4, -0.2) is 61.0 Å². The zero-order chi connectivity index (χ0) is 16.9. The summed E-state index contributed by atoms with van der Waals surface area (Å²) in [5.41, 5.74) is 1.15. The van der Waals surface area contributed by atoms with Crippen LogP contribution in [-0.2, 0) is 4.79 Å². The molecular weight excluding hydrogens is 322 g/mol. The van der Waals surface area contributed by atoms with Crippen LogP contribution in [0.2, 0.25) is 5.02 Å². The fourth-order valence-corrected chi connectivity index (χ4v) is 4.08. The van der Waals surface area contributed by atoms with Crippen molar-refractivity contribution in [2.75, 3.05) is 44.2 Å². The topological polar surface area (TPSA) is 26.8 Å². The van der Waals surface area contributed by atoms with Crippen LogP contribution in [0.15, 0.2) is 24.3 Å². The van der Waals surface area contributed by atoms with Crippen LogP contribution in [0.3, 0.4) is 0 Å². The van der Waals surface area contributed by atoms with Gasteiger partial charge in [-0.3, -0.25) is 9.69 Å². The molecule has 2 fully saturated rings. The molecule has 1 aromatic rings. The molecule has 0 aromatic heterocycles. The van der Waals surface area contributed by atoms with Gasteiger partial charge in [-0.2, -0.15) is 0 Å². The lowest BCUT2D eigenvalue weighted by Gasteiger charge is -2.39. The second-order valence-electron chi connectivity index (χ2n) is 6.88. The lowest BCUT2D eigenvalue weighted by Crippen LogP contribution is -2.53. The number of nitrogens with zero attached hydrogens (tertiary/aromatic N) is 3. The van der Waals surface area contributed by atoms with Gasteiger partial charge in [-0.25, -0.2) is 0 Å². The summed E-state index contributed by atoms with van der Waals surface area (Å²) in [5.74, 6) is 0.293. The van der Waals surface area contributed by atoms with E-state index in [2.05, 4.69) is 22.8 Å². The van der Waals surface area contributed by atoms with Crippen molar-refractivity contribution in [1.29, 1.82) is 0 Å². The molecular formula is C19H28ClN3O. The fraction of sp³-hybridized carbons (Fsp3) is 0.632. The maximum atomic E-state index is 12.7. The van der Waals surface area contributed by atoms with Gasteiger partial charge in [0.1, 0.15) is 0 Å². The first kappa shape index (κ1) is 17.6. The molecule has 0 saturated carbocycles. The molecule has 2 saturated heterocycles. The zero-order valence-electron chi connectivity index (χ0n) is 14.6. The first-order valence-electron chi connectivity index (χ1n) is 9.19. The molecule has 2 heterocycles. The summed E-state index contributed by atoms with van der Waals surface area (Å²) in [4.78, 5) is 19.4. The van der Waals surface area contributed by atoms with E-state index >= 15 is 0 Å². The van der Waals surface area contributed by atoms with Crippen LogP contribution in [0.1, 0.15) is 32.6 Å². The summed E-state index contributed by atoms with van der Waals surface area (Å²) in [6.07, 6.45) is 4.93. The molecule has 1 aromatic carbocycles. The molecule has 2 aliphatic heterocycles. The second-order valence-corrected chi connectivity index (χ2v) is 7.31. The summed E-state index contributed by atoms with van der Waals surface area (Å²) >= 11 is 6.08. The molecule has 0 radical (unpaired) electrons. The van der Waals surface area contributed by atoms with Crippen molar-refractivity contribution < 1.29 is 4.79 Å². The Hall–Kier alpha value is -1.26. The SMILES string of the molecule is CCC1CCCCN1CC(=O)N1CCN(c2cccc(Cl)c2)CC1. The minimum Gasteiger partial charge on any atom is -0.368 e. The number of carbonyl (C=O) groups is 1. The van der Waals surface area contributed by atoms with Crippen LogP contribution in [0, 0.1) is 0 Å². The summed E-state index contributed by atoms with van der Waals surface area (Å²) in [6.45, 7) is 7.26. The van der Waals surface area contributed by atoms with Crippen LogP contribution in [0.4, 0.5) is 5.69 Å². The van der Waals surface area contributed by atoms with E-state index in [1.807, 2.05) is 23.1 Å². The first-order chi connectivity index (χ1) is 11.7. The highest BCUT2D eigenvalue weighted by atomic mass is 35.5. The third kappa shape index (κ3) is 4.22. The number of benzene rings is 1. The number of hydrogen-bond acceptors (Lipinski definition) is 3. The largest absolute Gasteiger partial charge is 0.368 e. The predicted molar refractivity (Wildman–Crippen MR) is 99.7 cm³/mol. The summed E-state index contributed by atoms with van der Waals surface area (Å²) in [6, 6.07) is 8.56. The van der Waals surface area contributed by atoms with Crippen LogP contribution in [0.5, 0.6) is 0 Å². The van der Waals surface area contributed by atoms with Gasteiger partial charge in [0.05, 0.1) is 6.54 Å². The first-order valence-corrected chi connectivity index (χ1v) is 9.57. The van der Waals surface area contributed by atoms with Crippen molar-refractivity contribution in [3.63, 3.8) is 0 Å². The average Bonchev–Trinajstić information content (AvgIpc) is 2.62. The van der Waals surface area contributed by atoms with Gasteiger partial charge in [0.2, 0.25) is 5.91 Å². The van der Waals surface area contributed by atoms with Crippen LogP contribution in [0.25, 0.3) is 0 Å². The van der Waals surface area contributed by atoms with Gasteiger partial charge < -0.3 is 9.80 Å². The van der Waals surface area contributed by atoms with Gasteiger partial charge in [0.15, 0.2) is 0 Å². The Morgan fingerprint density at radius 1 is 1.17 bits per heavy atom. The van der Waals surface area contributed by atoms with E-state index in [9.17, 15) is 4.79 Å². The molecule has 0 bridgehead atoms. The normalized spacial score (nSPS) is 22.7. The average molecular weight is 350 g/mol. The number of anilines is 1. The minimum atomic E-state index is 0.293. The standard InChI is InChI=1S/C19H28ClN3O/c1-2-17-7-3-4-9-23(17)15-19(24)22-12-10-21(11-13-22)18-8-5-6-16(20)14-18/h5-6,8,14,17H,2-4,7,9-13,15H2,1H3. The van der Waals surface area contributed by atoms with E-state index < -0.39 is 0 Å². The number of hydrogen-bond donors (Lipinski definition) is 0. The number of halogens is 1. The molecule has 0 spiro atoms. The fourth-order valence-electron chi connectivity index (χ4n) is 3.89.